The van der Waals surface area contributed by atoms with Gasteiger partial charge in [0.1, 0.15) is 5.76 Å². The Bertz CT molecular complexity index is 1260. The van der Waals surface area contributed by atoms with Gasteiger partial charge in [-0.2, -0.15) is 0 Å². The zero-order valence-electron chi connectivity index (χ0n) is 19.9. The van der Waals surface area contributed by atoms with Gasteiger partial charge in [0.15, 0.2) is 17.3 Å². The first kappa shape index (κ1) is 24.3. The molecule has 0 unspecified atom stereocenters. The van der Waals surface area contributed by atoms with Gasteiger partial charge in [0.2, 0.25) is 11.2 Å². The van der Waals surface area contributed by atoms with Crippen molar-refractivity contribution in [3.8, 4) is 17.2 Å². The Balaban J connectivity index is 1.63. The number of fused-ring (bicyclic) bond motifs is 1. The predicted octanol–water partition coefficient (Wildman–Crippen LogP) is 3.01. The van der Waals surface area contributed by atoms with E-state index in [1.54, 1.807) is 38.7 Å². The molecule has 0 aliphatic carbocycles. The fourth-order valence-electron chi connectivity index (χ4n) is 4.36. The minimum Gasteiger partial charge on any atom is -0.502 e. The molecule has 0 saturated carbocycles. The average molecular weight is 481 g/mol. The first-order chi connectivity index (χ1) is 16.9. The highest BCUT2D eigenvalue weighted by Crippen LogP contribution is 2.35. The Morgan fingerprint density at radius 3 is 2.57 bits per heavy atom. The molecule has 1 atom stereocenters. The van der Waals surface area contributed by atoms with Gasteiger partial charge >= 0.3 is 5.97 Å². The average Bonchev–Trinajstić information content (AvgIpc) is 2.88. The molecule has 0 spiro atoms. The van der Waals surface area contributed by atoms with Crippen molar-refractivity contribution < 1.29 is 28.5 Å². The van der Waals surface area contributed by atoms with E-state index in [9.17, 15) is 14.7 Å². The van der Waals surface area contributed by atoms with E-state index in [2.05, 4.69) is 9.88 Å². The van der Waals surface area contributed by atoms with Crippen molar-refractivity contribution in [1.29, 1.82) is 0 Å². The van der Waals surface area contributed by atoms with Crippen LogP contribution in [0.4, 0.5) is 0 Å². The molecule has 3 aromatic rings. The summed E-state index contributed by atoms with van der Waals surface area (Å²) >= 11 is 0. The molecule has 0 saturated heterocycles. The minimum absolute atomic E-state index is 0.0229. The molecular formula is C26H28N2O7. The van der Waals surface area contributed by atoms with Crippen molar-refractivity contribution in [2.75, 3.05) is 27.9 Å². The number of hydrogen-bond acceptors (Lipinski definition) is 9. The number of hydrogen-bond donors (Lipinski definition) is 1. The second-order valence-electron chi connectivity index (χ2n) is 8.35. The Morgan fingerprint density at radius 1 is 1.17 bits per heavy atom. The summed E-state index contributed by atoms with van der Waals surface area (Å²) in [5.41, 5.74) is 2.35. The highest BCUT2D eigenvalue weighted by molar-refractivity contribution is 5.71. The van der Waals surface area contributed by atoms with Crippen LogP contribution in [0.2, 0.25) is 0 Å². The lowest BCUT2D eigenvalue weighted by Crippen LogP contribution is -2.30. The van der Waals surface area contributed by atoms with Gasteiger partial charge in [-0.25, -0.2) is 0 Å². The van der Waals surface area contributed by atoms with E-state index in [0.717, 1.165) is 18.5 Å². The number of benzene rings is 1. The van der Waals surface area contributed by atoms with E-state index in [-0.39, 0.29) is 12.2 Å². The molecule has 0 fully saturated rings. The molecule has 3 heterocycles. The van der Waals surface area contributed by atoms with Crippen LogP contribution in [0.5, 0.6) is 17.2 Å². The number of pyridine rings is 1. The third kappa shape index (κ3) is 5.30. The summed E-state index contributed by atoms with van der Waals surface area (Å²) in [4.78, 5) is 31.0. The predicted molar refractivity (Wildman–Crippen MR) is 127 cm³/mol. The van der Waals surface area contributed by atoms with Gasteiger partial charge in [-0.05, 0) is 41.3 Å². The summed E-state index contributed by atoms with van der Waals surface area (Å²) in [7, 11) is 4.50. The van der Waals surface area contributed by atoms with Gasteiger partial charge in [0.25, 0.3) is 0 Å². The molecule has 9 heteroatoms. The van der Waals surface area contributed by atoms with Gasteiger partial charge in [0.05, 0.1) is 40.2 Å². The molecule has 2 aromatic heterocycles. The molecule has 184 valence electrons. The molecule has 0 bridgehead atoms. The monoisotopic (exact) mass is 480 g/mol. The van der Waals surface area contributed by atoms with Crippen LogP contribution >= 0.6 is 0 Å². The molecular weight excluding hydrogens is 452 g/mol. The zero-order valence-corrected chi connectivity index (χ0v) is 19.9. The summed E-state index contributed by atoms with van der Waals surface area (Å²) in [6, 6.07) is 8.73. The Hall–Kier alpha value is -3.85. The van der Waals surface area contributed by atoms with Gasteiger partial charge in [0, 0.05) is 31.5 Å². The van der Waals surface area contributed by atoms with Crippen molar-refractivity contribution in [3.05, 3.63) is 81.2 Å². The number of ether oxygens (including phenoxy) is 3. The van der Waals surface area contributed by atoms with Gasteiger partial charge in [-0.15, -0.1) is 0 Å². The number of nitrogens with zero attached hydrogens (tertiary/aromatic N) is 2. The van der Waals surface area contributed by atoms with Crippen LogP contribution in [0.1, 0.15) is 40.5 Å². The lowest BCUT2D eigenvalue weighted by molar-refractivity contribution is -0.140. The summed E-state index contributed by atoms with van der Waals surface area (Å²) in [6.07, 6.45) is 3.86. The second kappa shape index (κ2) is 10.6. The number of carbonyl (C=O) groups excluding carboxylic acids is 1. The zero-order chi connectivity index (χ0) is 24.9. The van der Waals surface area contributed by atoms with Crippen LogP contribution in [-0.2, 0) is 29.0 Å². The molecule has 0 amide bonds. The van der Waals surface area contributed by atoms with E-state index >= 15 is 0 Å². The maximum absolute atomic E-state index is 12.7. The summed E-state index contributed by atoms with van der Waals surface area (Å²) < 4.78 is 21.7. The van der Waals surface area contributed by atoms with E-state index in [0.29, 0.717) is 35.9 Å². The van der Waals surface area contributed by atoms with Crippen molar-refractivity contribution in [2.24, 2.45) is 0 Å². The fourth-order valence-corrected chi connectivity index (χ4v) is 4.36. The van der Waals surface area contributed by atoms with Crippen molar-refractivity contribution in [1.82, 2.24) is 9.88 Å². The lowest BCUT2D eigenvalue weighted by Gasteiger charge is -2.29. The number of carbonyl (C=O) groups is 1. The number of aromatic nitrogens is 1. The smallest absolute Gasteiger partial charge is 0.306 e. The van der Waals surface area contributed by atoms with Crippen LogP contribution in [0.15, 0.2) is 51.9 Å². The third-order valence-electron chi connectivity index (χ3n) is 6.18. The Labute approximate surface area is 202 Å². The first-order valence-corrected chi connectivity index (χ1v) is 11.2. The van der Waals surface area contributed by atoms with Crippen molar-refractivity contribution >= 4 is 5.97 Å². The number of methoxy groups -OCH3 is 3. The van der Waals surface area contributed by atoms with E-state index in [1.165, 1.54) is 18.7 Å². The first-order valence-electron chi connectivity index (χ1n) is 11.2. The normalized spacial score (nSPS) is 14.1. The van der Waals surface area contributed by atoms with Gasteiger partial charge < -0.3 is 23.7 Å². The second-order valence-corrected chi connectivity index (χ2v) is 8.35. The molecule has 1 aliphatic heterocycles. The van der Waals surface area contributed by atoms with E-state index in [1.807, 2.05) is 12.1 Å². The molecule has 0 radical (unpaired) electrons. The quantitative estimate of drug-likeness (QED) is 0.486. The number of rotatable bonds is 8. The Morgan fingerprint density at radius 2 is 1.91 bits per heavy atom. The van der Waals surface area contributed by atoms with Crippen molar-refractivity contribution in [3.63, 3.8) is 0 Å². The van der Waals surface area contributed by atoms with Crippen molar-refractivity contribution in [2.45, 2.75) is 31.8 Å². The van der Waals surface area contributed by atoms with Crippen LogP contribution in [0.25, 0.3) is 0 Å². The van der Waals surface area contributed by atoms with E-state index < -0.39 is 23.1 Å². The summed E-state index contributed by atoms with van der Waals surface area (Å²) in [5.74, 6) is 0.0352. The summed E-state index contributed by atoms with van der Waals surface area (Å²) in [6.45, 7) is 1.73. The molecule has 9 nitrogen and oxygen atoms in total. The highest BCUT2D eigenvalue weighted by atomic mass is 16.5. The highest BCUT2D eigenvalue weighted by Gasteiger charge is 2.27. The van der Waals surface area contributed by atoms with Gasteiger partial charge in [-0.1, -0.05) is 6.07 Å². The lowest BCUT2D eigenvalue weighted by atomic mass is 9.93. The maximum atomic E-state index is 12.7. The maximum Gasteiger partial charge on any atom is 0.306 e. The molecule has 1 aliphatic rings. The fraction of sp³-hybridized carbons (Fsp3) is 0.346. The minimum atomic E-state index is -0.720. The van der Waals surface area contributed by atoms with Crippen LogP contribution < -0.4 is 14.9 Å². The summed E-state index contributed by atoms with van der Waals surface area (Å²) in [5, 5.41) is 10.6. The molecule has 4 rings (SSSR count). The van der Waals surface area contributed by atoms with Gasteiger partial charge in [-0.3, -0.25) is 19.5 Å². The Kier molecular flexibility index (Phi) is 7.36. The van der Waals surface area contributed by atoms with Crippen LogP contribution in [0, 0.1) is 0 Å². The molecule has 1 aromatic carbocycles. The standard InChI is InChI=1S/C26H28N2O7/c1-32-22-9-16-6-8-28(14-18(16)10-23(22)33-2)15-19-11-21(29)25(31)26(35-19)20(12-24(30)34-3)17-5-4-7-27-13-17/h4-5,7,9-11,13,20,31H,6,8,12,14-15H2,1-3H3/t20-/m0/s1. The largest absolute Gasteiger partial charge is 0.502 e. The van der Waals surface area contributed by atoms with Crippen LogP contribution in [0.3, 0.4) is 0 Å². The van der Waals surface area contributed by atoms with E-state index in [4.69, 9.17) is 18.6 Å². The number of aromatic hydroxyl groups is 1. The number of esters is 1. The third-order valence-corrected chi connectivity index (χ3v) is 6.18. The topological polar surface area (TPSA) is 111 Å². The SMILES string of the molecule is COC(=O)C[C@@H](c1cccnc1)c1oc(CN2CCc3cc(OC)c(OC)cc3C2)cc(=O)c1O. The van der Waals surface area contributed by atoms with Crippen LogP contribution in [-0.4, -0.2) is 48.8 Å². The molecule has 1 N–H and O–H groups in total. The molecule has 35 heavy (non-hydrogen) atoms.